The number of pyridine rings is 1. The highest BCUT2D eigenvalue weighted by molar-refractivity contribution is 5.53. The molecule has 0 atom stereocenters. The number of nitrogen functional groups attached to an aromatic ring is 1. The van der Waals surface area contributed by atoms with E-state index < -0.39 is 0 Å². The van der Waals surface area contributed by atoms with E-state index in [1.165, 1.54) is 11.1 Å². The van der Waals surface area contributed by atoms with Crippen LogP contribution < -0.4 is 15.8 Å². The summed E-state index contributed by atoms with van der Waals surface area (Å²) in [7, 11) is 0. The van der Waals surface area contributed by atoms with Crippen molar-refractivity contribution < 1.29 is 4.74 Å². The third-order valence-electron chi connectivity index (χ3n) is 3.29. The van der Waals surface area contributed by atoms with Crippen molar-refractivity contribution in [3.8, 4) is 5.88 Å². The Hall–Kier alpha value is -2.23. The Morgan fingerprint density at radius 3 is 2.48 bits per heavy atom. The zero-order chi connectivity index (χ0) is 15.2. The molecule has 0 fully saturated rings. The summed E-state index contributed by atoms with van der Waals surface area (Å²) in [5.74, 6) is 1.80. The number of hydrogen-bond donors (Lipinski definition) is 2. The van der Waals surface area contributed by atoms with Crippen molar-refractivity contribution in [1.29, 1.82) is 0 Å². The zero-order valence-electron chi connectivity index (χ0n) is 12.9. The van der Waals surface area contributed by atoms with Gasteiger partial charge in [-0.25, -0.2) is 0 Å². The van der Waals surface area contributed by atoms with E-state index in [9.17, 15) is 0 Å². The smallest absolute Gasteiger partial charge is 0.239 e. The summed E-state index contributed by atoms with van der Waals surface area (Å²) in [5, 5.41) is 3.29. The van der Waals surface area contributed by atoms with Crippen molar-refractivity contribution in [3.05, 3.63) is 47.5 Å². The molecule has 3 N–H and O–H groups in total. The fourth-order valence-electron chi connectivity index (χ4n) is 2.02. The number of nitrogens with one attached hydrogen (secondary N) is 1. The first-order valence-corrected chi connectivity index (χ1v) is 7.32. The van der Waals surface area contributed by atoms with Crippen LogP contribution >= 0.6 is 0 Å². The minimum atomic E-state index is 0.484. The Balaban J connectivity index is 2.00. The summed E-state index contributed by atoms with van der Waals surface area (Å²) in [5.41, 5.74) is 8.94. The molecule has 4 nitrogen and oxygen atoms in total. The van der Waals surface area contributed by atoms with Gasteiger partial charge in [0.1, 0.15) is 5.82 Å². The number of ether oxygens (including phenoxy) is 1. The second-order valence-electron chi connectivity index (χ2n) is 5.27. The molecule has 2 aromatic rings. The minimum Gasteiger partial charge on any atom is -0.476 e. The summed E-state index contributed by atoms with van der Waals surface area (Å²) in [6, 6.07) is 12.3. The highest BCUT2D eigenvalue weighted by Gasteiger charge is 2.04. The van der Waals surface area contributed by atoms with Crippen LogP contribution in [0.25, 0.3) is 0 Å². The summed E-state index contributed by atoms with van der Waals surface area (Å²) in [4.78, 5) is 4.36. The van der Waals surface area contributed by atoms with E-state index in [-0.39, 0.29) is 0 Å². The van der Waals surface area contributed by atoms with Crippen LogP contribution in [0, 0.1) is 0 Å². The lowest BCUT2D eigenvalue weighted by atomic mass is 10.0. The van der Waals surface area contributed by atoms with Gasteiger partial charge in [0.05, 0.1) is 12.3 Å². The van der Waals surface area contributed by atoms with Crippen molar-refractivity contribution in [3.63, 3.8) is 0 Å². The molecule has 0 aliphatic carbocycles. The lowest BCUT2D eigenvalue weighted by Gasteiger charge is -2.11. The number of hydrogen-bond acceptors (Lipinski definition) is 4. The highest BCUT2D eigenvalue weighted by atomic mass is 16.5. The van der Waals surface area contributed by atoms with E-state index >= 15 is 0 Å². The van der Waals surface area contributed by atoms with Crippen molar-refractivity contribution in [2.45, 2.75) is 33.2 Å². The molecule has 0 aliphatic rings. The van der Waals surface area contributed by atoms with Crippen LogP contribution in [0.5, 0.6) is 5.88 Å². The van der Waals surface area contributed by atoms with Gasteiger partial charge in [-0.2, -0.15) is 4.98 Å². The van der Waals surface area contributed by atoms with Crippen LogP contribution in [0.15, 0.2) is 36.4 Å². The molecule has 1 heterocycles. The van der Waals surface area contributed by atoms with Crippen LogP contribution in [0.4, 0.5) is 11.5 Å². The van der Waals surface area contributed by atoms with Crippen LogP contribution in [-0.4, -0.2) is 11.6 Å². The van der Waals surface area contributed by atoms with Crippen LogP contribution in [-0.2, 0) is 6.54 Å². The zero-order valence-corrected chi connectivity index (χ0v) is 12.9. The molecular formula is C17H23N3O. The Labute approximate surface area is 126 Å². The Morgan fingerprint density at radius 1 is 1.14 bits per heavy atom. The van der Waals surface area contributed by atoms with Crippen molar-refractivity contribution in [2.75, 3.05) is 17.7 Å². The maximum atomic E-state index is 5.81. The number of rotatable bonds is 6. The van der Waals surface area contributed by atoms with E-state index in [4.69, 9.17) is 10.5 Å². The van der Waals surface area contributed by atoms with Gasteiger partial charge in [-0.05, 0) is 36.1 Å². The second kappa shape index (κ2) is 6.97. The Kier molecular flexibility index (Phi) is 5.04. The van der Waals surface area contributed by atoms with E-state index in [2.05, 4.69) is 48.4 Å². The van der Waals surface area contributed by atoms with Gasteiger partial charge in [0, 0.05) is 6.54 Å². The van der Waals surface area contributed by atoms with Gasteiger partial charge in [-0.15, -0.1) is 0 Å². The molecule has 0 bridgehead atoms. The Bertz CT molecular complexity index is 579. The maximum absolute atomic E-state index is 5.81. The molecule has 1 aromatic heterocycles. The molecule has 0 amide bonds. The topological polar surface area (TPSA) is 60.2 Å². The molecule has 1 aromatic carbocycles. The average Bonchev–Trinajstić information content (AvgIpc) is 2.48. The molecule has 0 saturated carbocycles. The van der Waals surface area contributed by atoms with Gasteiger partial charge in [0.15, 0.2) is 0 Å². The standard InChI is InChI=1S/C17H23N3O/c1-4-21-17-15(18)9-10-16(20-17)19-11-13-5-7-14(8-6-13)12(2)3/h5-10,12H,4,11,18H2,1-3H3,(H,19,20). The predicted molar refractivity (Wildman–Crippen MR) is 87.7 cm³/mol. The summed E-state index contributed by atoms with van der Waals surface area (Å²) in [6.45, 7) is 7.58. The molecule has 112 valence electrons. The minimum absolute atomic E-state index is 0.484. The molecule has 4 heteroatoms. The van der Waals surface area contributed by atoms with E-state index in [0.29, 0.717) is 24.1 Å². The lowest BCUT2D eigenvalue weighted by molar-refractivity contribution is 0.329. The third-order valence-corrected chi connectivity index (χ3v) is 3.29. The fraction of sp³-hybridized carbons (Fsp3) is 0.353. The molecule has 2 rings (SSSR count). The van der Waals surface area contributed by atoms with Gasteiger partial charge in [-0.1, -0.05) is 38.1 Å². The van der Waals surface area contributed by atoms with Crippen molar-refractivity contribution >= 4 is 11.5 Å². The SMILES string of the molecule is CCOc1nc(NCc2ccc(C(C)C)cc2)ccc1N. The van der Waals surface area contributed by atoms with Crippen LogP contribution in [0.2, 0.25) is 0 Å². The first kappa shape index (κ1) is 15.2. The van der Waals surface area contributed by atoms with Gasteiger partial charge < -0.3 is 15.8 Å². The molecule has 0 spiro atoms. The van der Waals surface area contributed by atoms with E-state index in [1.807, 2.05) is 19.1 Å². The van der Waals surface area contributed by atoms with E-state index in [1.54, 1.807) is 0 Å². The average molecular weight is 285 g/mol. The molecule has 0 aliphatic heterocycles. The normalized spacial score (nSPS) is 10.7. The molecule has 0 radical (unpaired) electrons. The lowest BCUT2D eigenvalue weighted by Crippen LogP contribution is -2.05. The molecular weight excluding hydrogens is 262 g/mol. The number of aromatic nitrogens is 1. The largest absolute Gasteiger partial charge is 0.476 e. The molecule has 0 saturated heterocycles. The molecule has 21 heavy (non-hydrogen) atoms. The summed E-state index contributed by atoms with van der Waals surface area (Å²) in [6.07, 6.45) is 0. The predicted octanol–water partition coefficient (Wildman–Crippen LogP) is 3.80. The first-order chi connectivity index (χ1) is 10.1. The third kappa shape index (κ3) is 4.12. The Morgan fingerprint density at radius 2 is 1.86 bits per heavy atom. The summed E-state index contributed by atoms with van der Waals surface area (Å²) < 4.78 is 5.40. The number of nitrogens with zero attached hydrogens (tertiary/aromatic N) is 1. The second-order valence-corrected chi connectivity index (χ2v) is 5.27. The molecule has 0 unspecified atom stereocenters. The van der Waals surface area contributed by atoms with Gasteiger partial charge >= 0.3 is 0 Å². The van der Waals surface area contributed by atoms with Crippen molar-refractivity contribution in [1.82, 2.24) is 4.98 Å². The quantitative estimate of drug-likeness (QED) is 0.847. The van der Waals surface area contributed by atoms with Crippen LogP contribution in [0.3, 0.4) is 0 Å². The fourth-order valence-corrected chi connectivity index (χ4v) is 2.02. The van der Waals surface area contributed by atoms with Gasteiger partial charge in [-0.3, -0.25) is 0 Å². The number of benzene rings is 1. The van der Waals surface area contributed by atoms with E-state index in [0.717, 1.165) is 12.4 Å². The monoisotopic (exact) mass is 285 g/mol. The van der Waals surface area contributed by atoms with Crippen molar-refractivity contribution in [2.24, 2.45) is 0 Å². The number of anilines is 2. The van der Waals surface area contributed by atoms with Gasteiger partial charge in [0.2, 0.25) is 5.88 Å². The highest BCUT2D eigenvalue weighted by Crippen LogP contribution is 2.21. The summed E-state index contributed by atoms with van der Waals surface area (Å²) >= 11 is 0. The number of nitrogens with two attached hydrogens (primary N) is 1. The van der Waals surface area contributed by atoms with Gasteiger partial charge in [0.25, 0.3) is 0 Å². The first-order valence-electron chi connectivity index (χ1n) is 7.32. The van der Waals surface area contributed by atoms with Crippen LogP contribution in [0.1, 0.15) is 37.8 Å². The maximum Gasteiger partial charge on any atom is 0.239 e.